The van der Waals surface area contributed by atoms with E-state index in [2.05, 4.69) is 25.8 Å². The number of esters is 1. The summed E-state index contributed by atoms with van der Waals surface area (Å²) in [5, 5.41) is 4.05. The SMILES string of the molecule is COC(=O)c1cc2cc(Br)ccn2n1. The molecule has 0 aliphatic carbocycles. The number of aromatic nitrogens is 2. The molecule has 0 aliphatic heterocycles. The molecule has 0 amide bonds. The lowest BCUT2D eigenvalue weighted by Gasteiger charge is -1.91. The fourth-order valence-electron chi connectivity index (χ4n) is 1.17. The summed E-state index contributed by atoms with van der Waals surface area (Å²) in [6.07, 6.45) is 1.77. The molecule has 0 N–H and O–H groups in total. The average Bonchev–Trinajstić information content (AvgIpc) is 2.59. The molecule has 0 bridgehead atoms. The fourth-order valence-corrected chi connectivity index (χ4v) is 1.52. The van der Waals surface area contributed by atoms with Crippen molar-refractivity contribution in [1.29, 1.82) is 0 Å². The van der Waals surface area contributed by atoms with E-state index in [1.807, 2.05) is 12.1 Å². The molecule has 5 heteroatoms. The second-order valence-electron chi connectivity index (χ2n) is 2.74. The highest BCUT2D eigenvalue weighted by molar-refractivity contribution is 9.10. The van der Waals surface area contributed by atoms with Crippen molar-refractivity contribution >= 4 is 27.4 Å². The summed E-state index contributed by atoms with van der Waals surface area (Å²) >= 11 is 3.34. The minimum Gasteiger partial charge on any atom is -0.464 e. The van der Waals surface area contributed by atoms with Gasteiger partial charge in [-0.2, -0.15) is 5.10 Å². The predicted molar refractivity (Wildman–Crippen MR) is 54.2 cm³/mol. The Hall–Kier alpha value is -1.36. The van der Waals surface area contributed by atoms with E-state index in [1.165, 1.54) is 7.11 Å². The zero-order valence-corrected chi connectivity index (χ0v) is 8.98. The quantitative estimate of drug-likeness (QED) is 0.731. The van der Waals surface area contributed by atoms with Gasteiger partial charge >= 0.3 is 5.97 Å². The van der Waals surface area contributed by atoms with Crippen LogP contribution in [-0.4, -0.2) is 22.7 Å². The van der Waals surface area contributed by atoms with Crippen molar-refractivity contribution in [2.75, 3.05) is 7.11 Å². The summed E-state index contributed by atoms with van der Waals surface area (Å²) < 4.78 is 7.14. The van der Waals surface area contributed by atoms with Gasteiger partial charge in [0, 0.05) is 10.7 Å². The Bertz CT molecular complexity index is 493. The smallest absolute Gasteiger partial charge is 0.358 e. The lowest BCUT2D eigenvalue weighted by molar-refractivity contribution is 0.0593. The first-order chi connectivity index (χ1) is 6.70. The van der Waals surface area contributed by atoms with Gasteiger partial charge in [-0.3, -0.25) is 0 Å². The van der Waals surface area contributed by atoms with E-state index in [4.69, 9.17) is 0 Å². The molecule has 0 aliphatic rings. The first-order valence-corrected chi connectivity index (χ1v) is 4.73. The van der Waals surface area contributed by atoms with Gasteiger partial charge in [-0.25, -0.2) is 9.31 Å². The number of nitrogens with zero attached hydrogens (tertiary/aromatic N) is 2. The number of methoxy groups -OCH3 is 1. The second kappa shape index (κ2) is 3.42. The Morgan fingerprint density at radius 1 is 1.57 bits per heavy atom. The number of hydrogen-bond donors (Lipinski definition) is 0. The van der Waals surface area contributed by atoms with Crippen LogP contribution in [-0.2, 0) is 4.74 Å². The number of pyridine rings is 1. The Morgan fingerprint density at radius 3 is 3.07 bits per heavy atom. The summed E-state index contributed by atoms with van der Waals surface area (Å²) in [4.78, 5) is 11.2. The van der Waals surface area contributed by atoms with Crippen LogP contribution >= 0.6 is 15.9 Å². The molecule has 0 saturated carbocycles. The van der Waals surface area contributed by atoms with Crippen LogP contribution < -0.4 is 0 Å². The van der Waals surface area contributed by atoms with Gasteiger partial charge in [0.2, 0.25) is 0 Å². The van der Waals surface area contributed by atoms with Crippen molar-refractivity contribution in [3.63, 3.8) is 0 Å². The largest absolute Gasteiger partial charge is 0.464 e. The Morgan fingerprint density at radius 2 is 2.36 bits per heavy atom. The monoisotopic (exact) mass is 254 g/mol. The number of fused-ring (bicyclic) bond motifs is 1. The zero-order chi connectivity index (χ0) is 10.1. The topological polar surface area (TPSA) is 43.6 Å². The van der Waals surface area contributed by atoms with Crippen molar-refractivity contribution in [2.45, 2.75) is 0 Å². The van der Waals surface area contributed by atoms with Crippen LogP contribution in [0.5, 0.6) is 0 Å². The molecule has 0 atom stereocenters. The molecule has 0 aromatic carbocycles. The van der Waals surface area contributed by atoms with Crippen molar-refractivity contribution in [3.8, 4) is 0 Å². The summed E-state index contributed by atoms with van der Waals surface area (Å²) in [6.45, 7) is 0. The first-order valence-electron chi connectivity index (χ1n) is 3.94. The van der Waals surface area contributed by atoms with E-state index in [0.29, 0.717) is 5.69 Å². The molecular weight excluding hydrogens is 248 g/mol. The normalized spacial score (nSPS) is 10.4. The van der Waals surface area contributed by atoms with Gasteiger partial charge < -0.3 is 4.74 Å². The summed E-state index contributed by atoms with van der Waals surface area (Å²) in [5.41, 5.74) is 1.16. The van der Waals surface area contributed by atoms with Crippen LogP contribution in [0.15, 0.2) is 28.9 Å². The molecule has 0 unspecified atom stereocenters. The zero-order valence-electron chi connectivity index (χ0n) is 7.40. The summed E-state index contributed by atoms with van der Waals surface area (Å²) in [7, 11) is 1.34. The van der Waals surface area contributed by atoms with Crippen LogP contribution in [0.3, 0.4) is 0 Å². The molecule has 2 aromatic heterocycles. The Labute approximate surface area is 88.6 Å². The van der Waals surface area contributed by atoms with E-state index in [0.717, 1.165) is 9.99 Å². The number of rotatable bonds is 1. The number of hydrogen-bond acceptors (Lipinski definition) is 3. The predicted octanol–water partition coefficient (Wildman–Crippen LogP) is 1.88. The van der Waals surface area contributed by atoms with Gasteiger partial charge in [0.05, 0.1) is 12.6 Å². The Kier molecular flexibility index (Phi) is 2.25. The molecule has 2 rings (SSSR count). The maximum atomic E-state index is 11.2. The standard InChI is InChI=1S/C9H7BrN2O2/c1-14-9(13)8-5-7-4-6(10)2-3-12(7)11-8/h2-5H,1H3. The maximum Gasteiger partial charge on any atom is 0.358 e. The van der Waals surface area contributed by atoms with Gasteiger partial charge in [0.1, 0.15) is 0 Å². The minimum absolute atomic E-state index is 0.311. The fraction of sp³-hybridized carbons (Fsp3) is 0.111. The van der Waals surface area contributed by atoms with E-state index < -0.39 is 5.97 Å². The van der Waals surface area contributed by atoms with Gasteiger partial charge in [-0.15, -0.1) is 0 Å². The average molecular weight is 255 g/mol. The van der Waals surface area contributed by atoms with Crippen LogP contribution in [0, 0.1) is 0 Å². The highest BCUT2D eigenvalue weighted by atomic mass is 79.9. The first kappa shape index (κ1) is 9.21. The van der Waals surface area contributed by atoms with Crippen molar-refractivity contribution in [3.05, 3.63) is 34.6 Å². The van der Waals surface area contributed by atoms with Crippen molar-refractivity contribution in [1.82, 2.24) is 9.61 Å². The molecule has 2 aromatic rings. The van der Waals surface area contributed by atoms with Gasteiger partial charge in [0.15, 0.2) is 5.69 Å². The van der Waals surface area contributed by atoms with Crippen LogP contribution in [0.2, 0.25) is 0 Å². The molecule has 0 spiro atoms. The minimum atomic E-state index is -0.426. The third kappa shape index (κ3) is 1.50. The number of ether oxygens (including phenoxy) is 1. The molecule has 72 valence electrons. The molecular formula is C9H7BrN2O2. The number of carbonyl (C=O) groups excluding carboxylic acids is 1. The highest BCUT2D eigenvalue weighted by Crippen LogP contribution is 2.14. The third-order valence-electron chi connectivity index (χ3n) is 1.82. The van der Waals surface area contributed by atoms with Gasteiger partial charge in [-0.1, -0.05) is 15.9 Å². The second-order valence-corrected chi connectivity index (χ2v) is 3.65. The highest BCUT2D eigenvalue weighted by Gasteiger charge is 2.10. The van der Waals surface area contributed by atoms with Crippen molar-refractivity contribution in [2.24, 2.45) is 0 Å². The van der Waals surface area contributed by atoms with E-state index >= 15 is 0 Å². The maximum absolute atomic E-state index is 11.2. The summed E-state index contributed by atoms with van der Waals surface area (Å²) in [6, 6.07) is 5.40. The third-order valence-corrected chi connectivity index (χ3v) is 2.31. The van der Waals surface area contributed by atoms with Crippen LogP contribution in [0.25, 0.3) is 5.52 Å². The molecule has 2 heterocycles. The Balaban J connectivity index is 2.56. The lowest BCUT2D eigenvalue weighted by Crippen LogP contribution is -2.01. The van der Waals surface area contributed by atoms with Crippen LogP contribution in [0.1, 0.15) is 10.5 Å². The number of halogens is 1. The van der Waals surface area contributed by atoms with E-state index in [-0.39, 0.29) is 0 Å². The summed E-state index contributed by atoms with van der Waals surface area (Å²) in [5.74, 6) is -0.426. The van der Waals surface area contributed by atoms with Crippen LogP contribution in [0.4, 0.5) is 0 Å². The molecule has 14 heavy (non-hydrogen) atoms. The molecule has 4 nitrogen and oxygen atoms in total. The van der Waals surface area contributed by atoms with Gasteiger partial charge in [0.25, 0.3) is 0 Å². The van der Waals surface area contributed by atoms with Gasteiger partial charge in [-0.05, 0) is 18.2 Å². The lowest BCUT2D eigenvalue weighted by atomic mass is 10.3. The van der Waals surface area contributed by atoms with E-state index in [9.17, 15) is 4.79 Å². The van der Waals surface area contributed by atoms with E-state index in [1.54, 1.807) is 16.8 Å². The number of carbonyl (C=O) groups is 1. The van der Waals surface area contributed by atoms with Crippen molar-refractivity contribution < 1.29 is 9.53 Å². The molecule has 0 radical (unpaired) electrons. The molecule has 0 fully saturated rings. The molecule has 0 saturated heterocycles.